The van der Waals surface area contributed by atoms with Gasteiger partial charge in [-0.05, 0) is 49.1 Å². The summed E-state index contributed by atoms with van der Waals surface area (Å²) >= 11 is 5.99. The van der Waals surface area contributed by atoms with Crippen LogP contribution in [0.15, 0.2) is 36.4 Å². The molecule has 0 bridgehead atoms. The molecule has 0 aliphatic carbocycles. The van der Waals surface area contributed by atoms with Crippen LogP contribution in [-0.4, -0.2) is 19.6 Å². The van der Waals surface area contributed by atoms with Gasteiger partial charge in [0.05, 0.1) is 18.4 Å². The van der Waals surface area contributed by atoms with Crippen molar-refractivity contribution >= 4 is 23.2 Å². The molecule has 1 amide bonds. The molecule has 0 atom stereocenters. The first-order chi connectivity index (χ1) is 10.6. The Morgan fingerprint density at radius 1 is 1.27 bits per heavy atom. The van der Waals surface area contributed by atoms with Gasteiger partial charge in [0.1, 0.15) is 5.75 Å². The number of aryl methyl sites for hydroxylation is 2. The van der Waals surface area contributed by atoms with Crippen molar-refractivity contribution < 1.29 is 9.53 Å². The number of para-hydroxylation sites is 1. The largest absolute Gasteiger partial charge is 0.496 e. The SMILES string of the molecule is COc1cc(Cl)ccc1C(=O)N1CCCc2cccc(C)c21. The molecule has 2 aromatic carbocycles. The molecule has 4 heteroatoms. The lowest BCUT2D eigenvalue weighted by atomic mass is 9.97. The minimum Gasteiger partial charge on any atom is -0.496 e. The zero-order valence-corrected chi connectivity index (χ0v) is 13.5. The number of fused-ring (bicyclic) bond motifs is 1. The Hall–Kier alpha value is -2.00. The van der Waals surface area contributed by atoms with Crippen molar-refractivity contribution in [3.63, 3.8) is 0 Å². The smallest absolute Gasteiger partial charge is 0.262 e. The van der Waals surface area contributed by atoms with Gasteiger partial charge in [-0.2, -0.15) is 0 Å². The van der Waals surface area contributed by atoms with Gasteiger partial charge in [0.15, 0.2) is 0 Å². The van der Waals surface area contributed by atoms with E-state index in [2.05, 4.69) is 6.07 Å². The summed E-state index contributed by atoms with van der Waals surface area (Å²) in [5, 5.41) is 0.559. The zero-order valence-electron chi connectivity index (χ0n) is 12.7. The van der Waals surface area contributed by atoms with Crippen molar-refractivity contribution in [3.05, 3.63) is 58.1 Å². The summed E-state index contributed by atoms with van der Waals surface area (Å²) in [7, 11) is 1.55. The number of methoxy groups -OCH3 is 1. The number of ether oxygens (including phenoxy) is 1. The maximum Gasteiger partial charge on any atom is 0.262 e. The Labute approximate surface area is 135 Å². The number of rotatable bonds is 2. The van der Waals surface area contributed by atoms with Gasteiger partial charge in [-0.3, -0.25) is 4.79 Å². The van der Waals surface area contributed by atoms with Crippen LogP contribution in [-0.2, 0) is 6.42 Å². The summed E-state index contributed by atoms with van der Waals surface area (Å²) in [4.78, 5) is 14.9. The van der Waals surface area contributed by atoms with E-state index in [1.165, 1.54) is 5.56 Å². The summed E-state index contributed by atoms with van der Waals surface area (Å²) in [5.41, 5.74) is 3.93. The highest BCUT2D eigenvalue weighted by molar-refractivity contribution is 6.31. The third kappa shape index (κ3) is 2.57. The number of hydrogen-bond donors (Lipinski definition) is 0. The van der Waals surface area contributed by atoms with Crippen LogP contribution in [0.4, 0.5) is 5.69 Å². The van der Waals surface area contributed by atoms with Crippen LogP contribution in [0.5, 0.6) is 5.75 Å². The molecule has 3 rings (SSSR count). The van der Waals surface area contributed by atoms with Gasteiger partial charge in [-0.15, -0.1) is 0 Å². The van der Waals surface area contributed by atoms with E-state index in [0.717, 1.165) is 30.6 Å². The highest BCUT2D eigenvalue weighted by atomic mass is 35.5. The van der Waals surface area contributed by atoms with Crippen molar-refractivity contribution in [1.29, 1.82) is 0 Å². The molecule has 1 heterocycles. The third-order valence-corrected chi connectivity index (χ3v) is 4.29. The van der Waals surface area contributed by atoms with Crippen LogP contribution in [0.25, 0.3) is 0 Å². The number of amides is 1. The summed E-state index contributed by atoms with van der Waals surface area (Å²) in [6.07, 6.45) is 1.98. The van der Waals surface area contributed by atoms with Crippen LogP contribution in [0.1, 0.15) is 27.9 Å². The van der Waals surface area contributed by atoms with Crippen LogP contribution in [0.3, 0.4) is 0 Å². The van der Waals surface area contributed by atoms with Crippen LogP contribution in [0, 0.1) is 6.92 Å². The maximum atomic E-state index is 13.0. The van der Waals surface area contributed by atoms with Gasteiger partial charge in [0.25, 0.3) is 5.91 Å². The van der Waals surface area contributed by atoms with Gasteiger partial charge in [0.2, 0.25) is 0 Å². The molecule has 0 radical (unpaired) electrons. The molecule has 1 aliphatic heterocycles. The Balaban J connectivity index is 2.05. The molecule has 0 unspecified atom stereocenters. The predicted molar refractivity (Wildman–Crippen MR) is 89.2 cm³/mol. The van der Waals surface area contributed by atoms with Gasteiger partial charge in [-0.1, -0.05) is 29.8 Å². The quantitative estimate of drug-likeness (QED) is 0.829. The lowest BCUT2D eigenvalue weighted by Gasteiger charge is -2.31. The van der Waals surface area contributed by atoms with Crippen LogP contribution >= 0.6 is 11.6 Å². The summed E-state index contributed by atoms with van der Waals surface area (Å²) in [6.45, 7) is 2.77. The Morgan fingerprint density at radius 3 is 2.86 bits per heavy atom. The van der Waals surface area contributed by atoms with Crippen LogP contribution < -0.4 is 9.64 Å². The first kappa shape index (κ1) is 14.9. The third-order valence-electron chi connectivity index (χ3n) is 4.06. The van der Waals surface area contributed by atoms with Crippen molar-refractivity contribution in [1.82, 2.24) is 0 Å². The fraction of sp³-hybridized carbons (Fsp3) is 0.278. The Bertz CT molecular complexity index is 727. The predicted octanol–water partition coefficient (Wildman–Crippen LogP) is 4.25. The molecule has 0 aromatic heterocycles. The fourth-order valence-corrected chi connectivity index (χ4v) is 3.20. The molecule has 0 saturated carbocycles. The average Bonchev–Trinajstić information content (AvgIpc) is 2.54. The highest BCUT2D eigenvalue weighted by Gasteiger charge is 2.26. The fourth-order valence-electron chi connectivity index (χ4n) is 3.04. The molecule has 114 valence electrons. The second kappa shape index (κ2) is 6.01. The first-order valence-corrected chi connectivity index (χ1v) is 7.73. The summed E-state index contributed by atoms with van der Waals surface area (Å²) < 4.78 is 5.32. The van der Waals surface area contributed by atoms with E-state index in [0.29, 0.717) is 16.3 Å². The number of carbonyl (C=O) groups is 1. The minimum absolute atomic E-state index is 0.0382. The molecule has 0 fully saturated rings. The normalized spacial score (nSPS) is 13.7. The molecule has 2 aromatic rings. The van der Waals surface area contributed by atoms with Gasteiger partial charge in [0, 0.05) is 11.6 Å². The molecule has 1 aliphatic rings. The van der Waals surface area contributed by atoms with E-state index < -0.39 is 0 Å². The topological polar surface area (TPSA) is 29.5 Å². The number of nitrogens with zero attached hydrogens (tertiary/aromatic N) is 1. The van der Waals surface area contributed by atoms with Gasteiger partial charge >= 0.3 is 0 Å². The van der Waals surface area contributed by atoms with Gasteiger partial charge < -0.3 is 9.64 Å². The van der Waals surface area contributed by atoms with E-state index >= 15 is 0 Å². The van der Waals surface area contributed by atoms with Crippen LogP contribution in [0.2, 0.25) is 5.02 Å². The summed E-state index contributed by atoms with van der Waals surface area (Å²) in [6, 6.07) is 11.3. The van der Waals surface area contributed by atoms with Gasteiger partial charge in [-0.25, -0.2) is 0 Å². The van der Waals surface area contributed by atoms with Crippen molar-refractivity contribution in [3.8, 4) is 5.75 Å². The number of carbonyl (C=O) groups excluding carboxylic acids is 1. The maximum absolute atomic E-state index is 13.0. The molecule has 3 nitrogen and oxygen atoms in total. The van der Waals surface area contributed by atoms with Crippen molar-refractivity contribution in [2.24, 2.45) is 0 Å². The average molecular weight is 316 g/mol. The van der Waals surface area contributed by atoms with E-state index in [1.807, 2.05) is 24.0 Å². The van der Waals surface area contributed by atoms with Crippen molar-refractivity contribution in [2.45, 2.75) is 19.8 Å². The van der Waals surface area contributed by atoms with E-state index in [4.69, 9.17) is 16.3 Å². The first-order valence-electron chi connectivity index (χ1n) is 7.35. The molecule has 0 saturated heterocycles. The Kier molecular flexibility index (Phi) is 4.08. The second-order valence-electron chi connectivity index (χ2n) is 5.49. The molecular formula is C18H18ClNO2. The standard InChI is InChI=1S/C18H18ClNO2/c1-12-5-3-6-13-7-4-10-20(17(12)13)18(21)15-9-8-14(19)11-16(15)22-2/h3,5-6,8-9,11H,4,7,10H2,1-2H3. The number of benzene rings is 2. The monoisotopic (exact) mass is 315 g/mol. The summed E-state index contributed by atoms with van der Waals surface area (Å²) in [5.74, 6) is 0.474. The second-order valence-corrected chi connectivity index (χ2v) is 5.92. The van der Waals surface area contributed by atoms with E-state index in [1.54, 1.807) is 25.3 Å². The number of hydrogen-bond acceptors (Lipinski definition) is 2. The number of anilines is 1. The van der Waals surface area contributed by atoms with E-state index in [-0.39, 0.29) is 5.91 Å². The molecule has 0 N–H and O–H groups in total. The Morgan fingerprint density at radius 2 is 2.09 bits per heavy atom. The molecule has 22 heavy (non-hydrogen) atoms. The van der Waals surface area contributed by atoms with Crippen molar-refractivity contribution in [2.75, 3.05) is 18.6 Å². The lowest BCUT2D eigenvalue weighted by Crippen LogP contribution is -2.36. The highest BCUT2D eigenvalue weighted by Crippen LogP contribution is 2.33. The number of halogens is 1. The minimum atomic E-state index is -0.0382. The lowest BCUT2D eigenvalue weighted by molar-refractivity contribution is 0.0982. The van der Waals surface area contributed by atoms with E-state index in [9.17, 15) is 4.79 Å². The molecular weight excluding hydrogens is 298 g/mol. The molecule has 0 spiro atoms. The zero-order chi connectivity index (χ0) is 15.7.